The lowest BCUT2D eigenvalue weighted by atomic mass is 10.1. The number of hydrogen-bond acceptors (Lipinski definition) is 3. The normalized spacial score (nSPS) is 10.6. The summed E-state index contributed by atoms with van der Waals surface area (Å²) in [5.74, 6) is -0.150. The van der Waals surface area contributed by atoms with Gasteiger partial charge in [0.25, 0.3) is 5.91 Å². The molecule has 2 rings (SSSR count). The molecule has 0 aliphatic heterocycles. The molecule has 20 heavy (non-hydrogen) atoms. The van der Waals surface area contributed by atoms with Crippen LogP contribution in [0, 0.1) is 13.8 Å². The van der Waals surface area contributed by atoms with E-state index >= 15 is 0 Å². The van der Waals surface area contributed by atoms with E-state index in [2.05, 4.69) is 10.4 Å². The molecule has 1 aromatic carbocycles. The SMILES string of the molecule is Cc1nn(C)c(C)c1C(=O)Nc1ccc(CCO)cc1. The highest BCUT2D eigenvalue weighted by molar-refractivity contribution is 6.05. The van der Waals surface area contributed by atoms with Gasteiger partial charge in [0.15, 0.2) is 0 Å². The van der Waals surface area contributed by atoms with Crippen LogP contribution in [0.2, 0.25) is 0 Å². The van der Waals surface area contributed by atoms with Gasteiger partial charge in [-0.05, 0) is 38.0 Å². The highest BCUT2D eigenvalue weighted by atomic mass is 16.2. The number of aromatic nitrogens is 2. The molecule has 0 aliphatic rings. The van der Waals surface area contributed by atoms with E-state index < -0.39 is 0 Å². The van der Waals surface area contributed by atoms with E-state index in [9.17, 15) is 4.79 Å². The van der Waals surface area contributed by atoms with Crippen LogP contribution in [0.15, 0.2) is 24.3 Å². The predicted molar refractivity (Wildman–Crippen MR) is 77.9 cm³/mol. The molecular formula is C15H19N3O2. The van der Waals surface area contributed by atoms with Gasteiger partial charge in [-0.1, -0.05) is 12.1 Å². The summed E-state index contributed by atoms with van der Waals surface area (Å²) in [4.78, 5) is 12.3. The minimum atomic E-state index is -0.150. The summed E-state index contributed by atoms with van der Waals surface area (Å²) in [5.41, 5.74) is 3.96. The van der Waals surface area contributed by atoms with Crippen molar-refractivity contribution in [1.29, 1.82) is 0 Å². The number of rotatable bonds is 4. The van der Waals surface area contributed by atoms with E-state index in [4.69, 9.17) is 5.11 Å². The van der Waals surface area contributed by atoms with Gasteiger partial charge < -0.3 is 10.4 Å². The maximum atomic E-state index is 12.3. The fourth-order valence-corrected chi connectivity index (χ4v) is 2.18. The molecule has 0 unspecified atom stereocenters. The van der Waals surface area contributed by atoms with Gasteiger partial charge in [0, 0.05) is 25.0 Å². The van der Waals surface area contributed by atoms with Gasteiger partial charge in [-0.25, -0.2) is 0 Å². The number of nitrogens with zero attached hydrogens (tertiary/aromatic N) is 2. The monoisotopic (exact) mass is 273 g/mol. The van der Waals surface area contributed by atoms with Crippen LogP contribution in [-0.4, -0.2) is 27.4 Å². The quantitative estimate of drug-likeness (QED) is 0.893. The molecule has 0 bridgehead atoms. The molecule has 2 N–H and O–H groups in total. The van der Waals surface area contributed by atoms with Gasteiger partial charge >= 0.3 is 0 Å². The second-order valence-corrected chi connectivity index (χ2v) is 4.79. The number of aliphatic hydroxyl groups excluding tert-OH is 1. The molecule has 0 fully saturated rings. The largest absolute Gasteiger partial charge is 0.396 e. The number of aliphatic hydroxyl groups is 1. The summed E-state index contributed by atoms with van der Waals surface area (Å²) in [6, 6.07) is 7.47. The predicted octanol–water partition coefficient (Wildman–Crippen LogP) is 1.82. The third kappa shape index (κ3) is 2.88. The van der Waals surface area contributed by atoms with Crippen molar-refractivity contribution >= 4 is 11.6 Å². The standard InChI is InChI=1S/C15H19N3O2/c1-10-14(11(2)18(3)17-10)15(20)16-13-6-4-12(5-7-13)8-9-19/h4-7,19H,8-9H2,1-3H3,(H,16,20). The fourth-order valence-electron chi connectivity index (χ4n) is 2.18. The van der Waals surface area contributed by atoms with Gasteiger partial charge in [-0.3, -0.25) is 9.48 Å². The Morgan fingerprint density at radius 3 is 2.45 bits per heavy atom. The van der Waals surface area contributed by atoms with Gasteiger partial charge in [-0.2, -0.15) is 5.10 Å². The molecule has 0 saturated heterocycles. The Morgan fingerprint density at radius 2 is 1.95 bits per heavy atom. The highest BCUT2D eigenvalue weighted by Gasteiger charge is 2.17. The number of benzene rings is 1. The van der Waals surface area contributed by atoms with Crippen molar-refractivity contribution in [3.8, 4) is 0 Å². The number of carbonyl (C=O) groups excluding carboxylic acids is 1. The maximum Gasteiger partial charge on any atom is 0.259 e. The van der Waals surface area contributed by atoms with E-state index in [1.807, 2.05) is 45.2 Å². The summed E-state index contributed by atoms with van der Waals surface area (Å²) in [6.45, 7) is 3.82. The number of amides is 1. The van der Waals surface area contributed by atoms with Crippen molar-refractivity contribution in [2.24, 2.45) is 7.05 Å². The lowest BCUT2D eigenvalue weighted by Crippen LogP contribution is -2.14. The lowest BCUT2D eigenvalue weighted by Gasteiger charge is -2.06. The van der Waals surface area contributed by atoms with Crippen molar-refractivity contribution in [2.45, 2.75) is 20.3 Å². The first-order valence-electron chi connectivity index (χ1n) is 6.54. The Kier molecular flexibility index (Phi) is 4.20. The maximum absolute atomic E-state index is 12.3. The first-order chi connectivity index (χ1) is 9.52. The van der Waals surface area contributed by atoms with Crippen LogP contribution in [0.25, 0.3) is 0 Å². The smallest absolute Gasteiger partial charge is 0.259 e. The zero-order valence-electron chi connectivity index (χ0n) is 12.0. The molecule has 0 radical (unpaired) electrons. The Balaban J connectivity index is 2.15. The Hall–Kier alpha value is -2.14. The lowest BCUT2D eigenvalue weighted by molar-refractivity contribution is 0.102. The molecular weight excluding hydrogens is 254 g/mol. The van der Waals surface area contributed by atoms with E-state index in [-0.39, 0.29) is 12.5 Å². The summed E-state index contributed by atoms with van der Waals surface area (Å²) in [5, 5.41) is 16.0. The Labute approximate surface area is 118 Å². The van der Waals surface area contributed by atoms with Crippen LogP contribution in [0.5, 0.6) is 0 Å². The number of nitrogens with one attached hydrogen (secondary N) is 1. The van der Waals surface area contributed by atoms with Crippen molar-refractivity contribution in [1.82, 2.24) is 9.78 Å². The zero-order valence-corrected chi connectivity index (χ0v) is 12.0. The first-order valence-corrected chi connectivity index (χ1v) is 6.54. The minimum Gasteiger partial charge on any atom is -0.396 e. The number of hydrogen-bond donors (Lipinski definition) is 2. The van der Waals surface area contributed by atoms with Crippen LogP contribution in [0.4, 0.5) is 5.69 Å². The van der Waals surface area contributed by atoms with Crippen LogP contribution >= 0.6 is 0 Å². The first kappa shape index (κ1) is 14.3. The third-order valence-corrected chi connectivity index (χ3v) is 3.35. The van der Waals surface area contributed by atoms with Gasteiger partial charge in [-0.15, -0.1) is 0 Å². The minimum absolute atomic E-state index is 0.125. The molecule has 0 atom stereocenters. The van der Waals surface area contributed by atoms with Gasteiger partial charge in [0.1, 0.15) is 0 Å². The second-order valence-electron chi connectivity index (χ2n) is 4.79. The number of carbonyl (C=O) groups is 1. The molecule has 5 nitrogen and oxygen atoms in total. The average molecular weight is 273 g/mol. The van der Waals surface area contributed by atoms with Crippen LogP contribution in [0.3, 0.4) is 0 Å². The summed E-state index contributed by atoms with van der Waals surface area (Å²) >= 11 is 0. The van der Waals surface area contributed by atoms with Crippen molar-refractivity contribution in [3.63, 3.8) is 0 Å². The molecule has 0 aliphatic carbocycles. The summed E-state index contributed by atoms with van der Waals surface area (Å²) < 4.78 is 1.70. The van der Waals surface area contributed by atoms with Gasteiger partial charge in [0.2, 0.25) is 0 Å². The van der Waals surface area contributed by atoms with Crippen molar-refractivity contribution in [2.75, 3.05) is 11.9 Å². The fraction of sp³-hybridized carbons (Fsp3) is 0.333. The molecule has 2 aromatic rings. The summed E-state index contributed by atoms with van der Waals surface area (Å²) in [6.07, 6.45) is 0.620. The molecule has 1 heterocycles. The topological polar surface area (TPSA) is 67.2 Å². The van der Waals surface area contributed by atoms with E-state index in [1.54, 1.807) is 4.68 Å². The Bertz CT molecular complexity index is 615. The van der Waals surface area contributed by atoms with E-state index in [0.717, 1.165) is 22.6 Å². The van der Waals surface area contributed by atoms with Crippen molar-refractivity contribution in [3.05, 3.63) is 46.8 Å². The van der Waals surface area contributed by atoms with Crippen LogP contribution < -0.4 is 5.32 Å². The van der Waals surface area contributed by atoms with Gasteiger partial charge in [0.05, 0.1) is 11.3 Å². The van der Waals surface area contributed by atoms with E-state index in [1.165, 1.54) is 0 Å². The van der Waals surface area contributed by atoms with Crippen molar-refractivity contribution < 1.29 is 9.90 Å². The summed E-state index contributed by atoms with van der Waals surface area (Å²) in [7, 11) is 1.82. The van der Waals surface area contributed by atoms with Crippen LogP contribution in [-0.2, 0) is 13.5 Å². The van der Waals surface area contributed by atoms with E-state index in [0.29, 0.717) is 12.0 Å². The molecule has 5 heteroatoms. The zero-order chi connectivity index (χ0) is 14.7. The molecule has 106 valence electrons. The molecule has 1 amide bonds. The Morgan fingerprint density at radius 1 is 1.30 bits per heavy atom. The van der Waals surface area contributed by atoms with Crippen LogP contribution in [0.1, 0.15) is 27.3 Å². The molecule has 0 saturated carbocycles. The second kappa shape index (κ2) is 5.88. The number of anilines is 1. The molecule has 1 aromatic heterocycles. The highest BCUT2D eigenvalue weighted by Crippen LogP contribution is 2.16. The molecule has 0 spiro atoms. The average Bonchev–Trinajstić information content (AvgIpc) is 2.66. The third-order valence-electron chi connectivity index (χ3n) is 3.35. The number of aryl methyl sites for hydroxylation is 2.